The first-order valence-corrected chi connectivity index (χ1v) is 9.52. The predicted octanol–water partition coefficient (Wildman–Crippen LogP) is 4.33. The van der Waals surface area contributed by atoms with Gasteiger partial charge in [-0.05, 0) is 42.7 Å². The maximum Gasteiger partial charge on any atom is 0.322 e. The number of anilines is 1. The molecule has 25 heavy (non-hydrogen) atoms. The SMILES string of the molecule is CSc1ccccc1-c1nnc(NC(=O)CSc2ccc(F)cc2)o1. The summed E-state index contributed by atoms with van der Waals surface area (Å²) in [6, 6.07) is 13.7. The van der Waals surface area contributed by atoms with Crippen molar-refractivity contribution in [3.63, 3.8) is 0 Å². The van der Waals surface area contributed by atoms with Crippen LogP contribution in [0.4, 0.5) is 10.4 Å². The van der Waals surface area contributed by atoms with E-state index in [-0.39, 0.29) is 23.5 Å². The summed E-state index contributed by atoms with van der Waals surface area (Å²) >= 11 is 2.87. The van der Waals surface area contributed by atoms with Gasteiger partial charge in [-0.1, -0.05) is 17.2 Å². The largest absolute Gasteiger partial charge is 0.403 e. The molecule has 8 heteroatoms. The summed E-state index contributed by atoms with van der Waals surface area (Å²) in [6.07, 6.45) is 1.96. The molecule has 0 saturated heterocycles. The highest BCUT2D eigenvalue weighted by molar-refractivity contribution is 8.00. The third-order valence-corrected chi connectivity index (χ3v) is 5.00. The maximum absolute atomic E-state index is 12.9. The van der Waals surface area contributed by atoms with Crippen molar-refractivity contribution < 1.29 is 13.6 Å². The average Bonchev–Trinajstić information content (AvgIpc) is 3.09. The molecule has 0 atom stereocenters. The summed E-state index contributed by atoms with van der Waals surface area (Å²) in [5, 5.41) is 10.4. The van der Waals surface area contributed by atoms with E-state index in [2.05, 4.69) is 15.5 Å². The summed E-state index contributed by atoms with van der Waals surface area (Å²) in [5.74, 6) is -0.0723. The van der Waals surface area contributed by atoms with Gasteiger partial charge in [0.15, 0.2) is 0 Å². The minimum absolute atomic E-state index is 0.0515. The normalized spacial score (nSPS) is 10.6. The molecule has 2 aromatic carbocycles. The van der Waals surface area contributed by atoms with Gasteiger partial charge < -0.3 is 4.42 Å². The smallest absolute Gasteiger partial charge is 0.322 e. The van der Waals surface area contributed by atoms with Gasteiger partial charge in [-0.2, -0.15) is 0 Å². The Kier molecular flexibility index (Phi) is 5.72. The number of aromatic nitrogens is 2. The van der Waals surface area contributed by atoms with Gasteiger partial charge in [0.25, 0.3) is 5.89 Å². The number of hydrogen-bond donors (Lipinski definition) is 1. The van der Waals surface area contributed by atoms with Crippen LogP contribution < -0.4 is 5.32 Å². The number of hydrogen-bond acceptors (Lipinski definition) is 6. The first-order chi connectivity index (χ1) is 12.2. The van der Waals surface area contributed by atoms with Crippen LogP contribution >= 0.6 is 23.5 Å². The summed E-state index contributed by atoms with van der Waals surface area (Å²) in [6.45, 7) is 0. The van der Waals surface area contributed by atoms with E-state index in [0.29, 0.717) is 5.89 Å². The minimum atomic E-state index is -0.308. The van der Waals surface area contributed by atoms with Gasteiger partial charge in [-0.15, -0.1) is 28.6 Å². The van der Waals surface area contributed by atoms with Crippen LogP contribution in [0.15, 0.2) is 62.7 Å². The van der Waals surface area contributed by atoms with Crippen molar-refractivity contribution >= 4 is 35.4 Å². The molecule has 1 N–H and O–H groups in total. The standard InChI is InChI=1S/C17H14FN3O2S2/c1-24-14-5-3-2-4-13(14)16-20-21-17(23-16)19-15(22)10-25-12-8-6-11(18)7-9-12/h2-9H,10H2,1H3,(H,19,21,22). The van der Waals surface area contributed by atoms with Crippen LogP contribution in [0.25, 0.3) is 11.5 Å². The molecule has 1 aromatic heterocycles. The average molecular weight is 375 g/mol. The molecular formula is C17H14FN3O2S2. The Balaban J connectivity index is 1.61. The van der Waals surface area contributed by atoms with Crippen molar-refractivity contribution in [2.75, 3.05) is 17.3 Å². The van der Waals surface area contributed by atoms with E-state index in [0.717, 1.165) is 15.4 Å². The summed E-state index contributed by atoms with van der Waals surface area (Å²) in [4.78, 5) is 13.8. The lowest BCUT2D eigenvalue weighted by molar-refractivity contribution is -0.113. The number of halogens is 1. The van der Waals surface area contributed by atoms with Crippen molar-refractivity contribution in [2.24, 2.45) is 0 Å². The maximum atomic E-state index is 12.9. The molecule has 0 bridgehead atoms. The van der Waals surface area contributed by atoms with Crippen molar-refractivity contribution in [3.05, 3.63) is 54.3 Å². The van der Waals surface area contributed by atoms with Crippen LogP contribution in [-0.2, 0) is 4.79 Å². The van der Waals surface area contributed by atoms with Crippen LogP contribution in [0.3, 0.4) is 0 Å². The molecule has 0 spiro atoms. The second kappa shape index (κ2) is 8.17. The van der Waals surface area contributed by atoms with Gasteiger partial charge in [-0.25, -0.2) is 4.39 Å². The fourth-order valence-electron chi connectivity index (χ4n) is 2.04. The summed E-state index contributed by atoms with van der Waals surface area (Å²) < 4.78 is 18.4. The predicted molar refractivity (Wildman–Crippen MR) is 97.3 cm³/mol. The number of nitrogens with zero attached hydrogens (tertiary/aromatic N) is 2. The Morgan fingerprint density at radius 2 is 1.92 bits per heavy atom. The molecule has 3 rings (SSSR count). The van der Waals surface area contributed by atoms with Gasteiger partial charge in [-0.3, -0.25) is 10.1 Å². The van der Waals surface area contributed by atoms with E-state index < -0.39 is 0 Å². The van der Waals surface area contributed by atoms with Crippen LogP contribution in [0.2, 0.25) is 0 Å². The van der Waals surface area contributed by atoms with E-state index >= 15 is 0 Å². The number of nitrogens with one attached hydrogen (secondary N) is 1. The fourth-order valence-corrected chi connectivity index (χ4v) is 3.33. The van der Waals surface area contributed by atoms with Crippen LogP contribution in [0.1, 0.15) is 0 Å². The number of thioether (sulfide) groups is 2. The third-order valence-electron chi connectivity index (χ3n) is 3.19. The molecule has 0 aliphatic rings. The molecule has 5 nitrogen and oxygen atoms in total. The number of rotatable bonds is 6. The van der Waals surface area contributed by atoms with Gasteiger partial charge in [0.2, 0.25) is 5.91 Å². The highest BCUT2D eigenvalue weighted by Crippen LogP contribution is 2.29. The zero-order valence-corrected chi connectivity index (χ0v) is 14.9. The van der Waals surface area contributed by atoms with Crippen molar-refractivity contribution in [1.29, 1.82) is 0 Å². The Bertz CT molecular complexity index is 868. The lowest BCUT2D eigenvalue weighted by atomic mass is 10.2. The lowest BCUT2D eigenvalue weighted by Crippen LogP contribution is -2.14. The van der Waals surface area contributed by atoms with Crippen molar-refractivity contribution in [3.8, 4) is 11.5 Å². The van der Waals surface area contributed by atoms with Gasteiger partial charge in [0, 0.05) is 9.79 Å². The first-order valence-electron chi connectivity index (χ1n) is 7.31. The zero-order valence-electron chi connectivity index (χ0n) is 13.2. The van der Waals surface area contributed by atoms with E-state index in [1.54, 1.807) is 23.9 Å². The molecule has 0 aliphatic heterocycles. The van der Waals surface area contributed by atoms with Gasteiger partial charge in [0.1, 0.15) is 5.82 Å². The van der Waals surface area contributed by atoms with Crippen LogP contribution in [0, 0.1) is 5.82 Å². The molecule has 0 radical (unpaired) electrons. The molecule has 0 unspecified atom stereocenters. The van der Waals surface area contributed by atoms with Gasteiger partial charge in [0.05, 0.1) is 11.3 Å². The van der Waals surface area contributed by atoms with Gasteiger partial charge >= 0.3 is 6.01 Å². The van der Waals surface area contributed by atoms with E-state index in [1.807, 2.05) is 30.5 Å². The van der Waals surface area contributed by atoms with Crippen LogP contribution in [-0.4, -0.2) is 28.1 Å². The molecular weight excluding hydrogens is 361 g/mol. The molecule has 3 aromatic rings. The quantitative estimate of drug-likeness (QED) is 0.647. The Labute approximate surface area is 152 Å². The zero-order chi connectivity index (χ0) is 17.6. The van der Waals surface area contributed by atoms with Crippen molar-refractivity contribution in [1.82, 2.24) is 10.2 Å². The first kappa shape index (κ1) is 17.5. The lowest BCUT2D eigenvalue weighted by Gasteiger charge is -2.02. The van der Waals surface area contributed by atoms with E-state index in [1.165, 1.54) is 23.9 Å². The fraction of sp³-hybridized carbons (Fsp3) is 0.118. The molecule has 128 valence electrons. The highest BCUT2D eigenvalue weighted by Gasteiger charge is 2.14. The molecule has 0 aliphatic carbocycles. The molecule has 1 amide bonds. The Morgan fingerprint density at radius 1 is 1.16 bits per heavy atom. The third kappa shape index (κ3) is 4.61. The Hall–Kier alpha value is -2.32. The monoisotopic (exact) mass is 375 g/mol. The number of carbonyl (C=O) groups excluding carboxylic acids is 1. The highest BCUT2D eigenvalue weighted by atomic mass is 32.2. The number of amides is 1. The molecule has 0 saturated carbocycles. The van der Waals surface area contributed by atoms with E-state index in [4.69, 9.17) is 4.42 Å². The minimum Gasteiger partial charge on any atom is -0.403 e. The molecule has 1 heterocycles. The number of benzene rings is 2. The van der Waals surface area contributed by atoms with Crippen molar-refractivity contribution in [2.45, 2.75) is 9.79 Å². The van der Waals surface area contributed by atoms with E-state index in [9.17, 15) is 9.18 Å². The second-order valence-corrected chi connectivity index (χ2v) is 6.80. The second-order valence-electron chi connectivity index (χ2n) is 4.90. The Morgan fingerprint density at radius 3 is 2.68 bits per heavy atom. The number of carbonyl (C=O) groups is 1. The summed E-state index contributed by atoms with van der Waals surface area (Å²) in [7, 11) is 0. The topological polar surface area (TPSA) is 68.0 Å². The van der Waals surface area contributed by atoms with Crippen LogP contribution in [0.5, 0.6) is 0 Å². The molecule has 0 fully saturated rings. The summed E-state index contributed by atoms with van der Waals surface area (Å²) in [5.41, 5.74) is 0.823.